The van der Waals surface area contributed by atoms with Crippen LogP contribution in [0, 0.1) is 18.3 Å². The van der Waals surface area contributed by atoms with E-state index in [1.54, 1.807) is 30.3 Å². The molecule has 0 heterocycles. The van der Waals surface area contributed by atoms with Gasteiger partial charge in [0.2, 0.25) is 5.91 Å². The second-order valence-electron chi connectivity index (χ2n) is 8.28. The predicted octanol–water partition coefficient (Wildman–Crippen LogP) is 5.79. The summed E-state index contributed by atoms with van der Waals surface area (Å²) in [6.45, 7) is 1.45. The highest BCUT2D eigenvalue weighted by Gasteiger charge is 2.67. The molecule has 3 unspecified atom stereocenters. The van der Waals surface area contributed by atoms with Gasteiger partial charge in [-0.2, -0.15) is 0 Å². The molecular formula is C24H20Cl3FN2O2. The molecule has 2 saturated carbocycles. The van der Waals surface area contributed by atoms with Crippen LogP contribution in [0.2, 0.25) is 5.02 Å². The highest BCUT2D eigenvalue weighted by molar-refractivity contribution is 6.53. The molecule has 2 N–H and O–H groups in total. The third kappa shape index (κ3) is 4.32. The first kappa shape index (κ1) is 22.9. The molecule has 2 amide bonds. The summed E-state index contributed by atoms with van der Waals surface area (Å²) in [6.07, 6.45) is 5.82. The normalized spacial score (nSPS) is 22.9. The van der Waals surface area contributed by atoms with Crippen LogP contribution in [-0.2, 0) is 4.79 Å². The fraction of sp³-hybridized carbons (Fsp3) is 0.333. The summed E-state index contributed by atoms with van der Waals surface area (Å²) in [5.74, 6) is 0.651. The third-order valence-electron chi connectivity index (χ3n) is 5.95. The fourth-order valence-corrected chi connectivity index (χ4v) is 4.78. The molecule has 2 aromatic carbocycles. The number of benzene rings is 2. The van der Waals surface area contributed by atoms with Gasteiger partial charge < -0.3 is 10.6 Å². The molecule has 32 heavy (non-hydrogen) atoms. The molecule has 0 saturated heterocycles. The van der Waals surface area contributed by atoms with Crippen molar-refractivity contribution in [2.45, 2.75) is 41.7 Å². The van der Waals surface area contributed by atoms with Crippen LogP contribution in [-0.4, -0.2) is 21.7 Å². The Balaban J connectivity index is 1.48. The number of nitrogens with one attached hydrogen (secondary N) is 2. The minimum absolute atomic E-state index is 0.206. The maximum atomic E-state index is 13.5. The molecule has 0 aromatic heterocycles. The van der Waals surface area contributed by atoms with Gasteiger partial charge in [0.25, 0.3) is 5.91 Å². The smallest absolute Gasteiger partial charge is 0.254 e. The lowest BCUT2D eigenvalue weighted by Gasteiger charge is -2.13. The fourth-order valence-electron chi connectivity index (χ4n) is 3.75. The monoisotopic (exact) mass is 492 g/mol. The molecule has 0 bridgehead atoms. The average Bonchev–Trinajstić information content (AvgIpc) is 3.64. The predicted molar refractivity (Wildman–Crippen MR) is 125 cm³/mol. The van der Waals surface area contributed by atoms with Crippen molar-refractivity contribution in [1.82, 2.24) is 5.32 Å². The van der Waals surface area contributed by atoms with Crippen molar-refractivity contribution in [3.63, 3.8) is 0 Å². The van der Waals surface area contributed by atoms with Crippen LogP contribution in [0.25, 0.3) is 0 Å². The van der Waals surface area contributed by atoms with Crippen LogP contribution in [0.1, 0.15) is 53.3 Å². The third-order valence-corrected chi connectivity index (χ3v) is 7.22. The number of terminal acetylenes is 1. The summed E-state index contributed by atoms with van der Waals surface area (Å²) in [6, 6.07) is 11.4. The molecule has 2 aliphatic rings. The quantitative estimate of drug-likeness (QED) is 0.395. The molecule has 2 aliphatic carbocycles. The number of halogens is 4. The molecule has 0 spiro atoms. The summed E-state index contributed by atoms with van der Waals surface area (Å²) in [5.41, 5.74) is 1.26. The summed E-state index contributed by atoms with van der Waals surface area (Å²) in [5, 5.41) is 5.80. The van der Waals surface area contributed by atoms with Crippen molar-refractivity contribution in [3.8, 4) is 12.3 Å². The van der Waals surface area contributed by atoms with E-state index in [0.29, 0.717) is 24.1 Å². The number of rotatable bonds is 6. The van der Waals surface area contributed by atoms with Gasteiger partial charge in [-0.1, -0.05) is 41.8 Å². The molecular weight excluding hydrogens is 474 g/mol. The lowest BCUT2D eigenvalue weighted by molar-refractivity contribution is -0.117. The maximum absolute atomic E-state index is 13.5. The first-order chi connectivity index (χ1) is 15.1. The second-order valence-corrected chi connectivity index (χ2v) is 10.1. The molecule has 4 rings (SSSR count). The molecule has 3 atom stereocenters. The van der Waals surface area contributed by atoms with Gasteiger partial charge in [0.1, 0.15) is 16.0 Å². The highest BCUT2D eigenvalue weighted by atomic mass is 35.5. The highest BCUT2D eigenvalue weighted by Crippen LogP contribution is 2.65. The first-order valence-electron chi connectivity index (χ1n) is 10.1. The molecule has 0 radical (unpaired) electrons. The number of anilines is 1. The Morgan fingerprint density at radius 3 is 2.41 bits per heavy atom. The standard InChI is InChI=1S/C24H20Cl3FN2O2/c1-3-23(10-11-23)30-21(31)17-12-16(8-9-18(17)25)29-22(32)20-19(24(20,26)27)15-6-4-14(5-7-15)13(2)28/h1,4-9,12-13,19-20H,10-11H2,2H3,(H,29,32)(H,30,31). The molecule has 166 valence electrons. The minimum Gasteiger partial charge on any atom is -0.336 e. The van der Waals surface area contributed by atoms with E-state index in [0.717, 1.165) is 5.56 Å². The van der Waals surface area contributed by atoms with Gasteiger partial charge in [0, 0.05) is 11.6 Å². The van der Waals surface area contributed by atoms with Crippen molar-refractivity contribution < 1.29 is 14.0 Å². The first-order valence-corrected chi connectivity index (χ1v) is 11.2. The topological polar surface area (TPSA) is 58.2 Å². The zero-order valence-corrected chi connectivity index (χ0v) is 19.4. The minimum atomic E-state index is -1.29. The van der Waals surface area contributed by atoms with Crippen molar-refractivity contribution in [2.24, 2.45) is 5.92 Å². The van der Waals surface area contributed by atoms with E-state index >= 15 is 0 Å². The second kappa shape index (κ2) is 8.26. The van der Waals surface area contributed by atoms with E-state index in [2.05, 4.69) is 16.6 Å². The van der Waals surface area contributed by atoms with Gasteiger partial charge in [-0.3, -0.25) is 9.59 Å². The summed E-state index contributed by atoms with van der Waals surface area (Å²) >= 11 is 19.0. The van der Waals surface area contributed by atoms with E-state index in [9.17, 15) is 14.0 Å². The van der Waals surface area contributed by atoms with Crippen LogP contribution in [0.15, 0.2) is 42.5 Å². The Kier molecular flexibility index (Phi) is 5.92. The van der Waals surface area contributed by atoms with Gasteiger partial charge in [-0.25, -0.2) is 4.39 Å². The number of carbonyl (C=O) groups excluding carboxylic acids is 2. The Morgan fingerprint density at radius 1 is 1.19 bits per heavy atom. The number of alkyl halides is 3. The van der Waals surface area contributed by atoms with E-state index in [1.807, 2.05) is 0 Å². The van der Waals surface area contributed by atoms with Crippen LogP contribution >= 0.6 is 34.8 Å². The Morgan fingerprint density at radius 2 is 1.84 bits per heavy atom. The van der Waals surface area contributed by atoms with Crippen LogP contribution in [0.5, 0.6) is 0 Å². The van der Waals surface area contributed by atoms with Gasteiger partial charge >= 0.3 is 0 Å². The van der Waals surface area contributed by atoms with E-state index in [4.69, 9.17) is 41.2 Å². The summed E-state index contributed by atoms with van der Waals surface area (Å²) in [4.78, 5) is 25.5. The average molecular weight is 494 g/mol. The molecule has 8 heteroatoms. The van der Waals surface area contributed by atoms with Gasteiger partial charge in [-0.15, -0.1) is 29.6 Å². The molecule has 0 aliphatic heterocycles. The van der Waals surface area contributed by atoms with Crippen molar-refractivity contribution in [3.05, 3.63) is 64.2 Å². The zero-order chi connectivity index (χ0) is 23.3. The van der Waals surface area contributed by atoms with E-state index < -0.39 is 33.8 Å². The van der Waals surface area contributed by atoms with Gasteiger partial charge in [0.05, 0.1) is 16.5 Å². The zero-order valence-electron chi connectivity index (χ0n) is 17.1. The van der Waals surface area contributed by atoms with Crippen molar-refractivity contribution >= 4 is 52.3 Å². The summed E-state index contributed by atoms with van der Waals surface area (Å²) in [7, 11) is 0. The number of carbonyl (C=O) groups is 2. The Hall–Kier alpha value is -2.26. The lowest BCUT2D eigenvalue weighted by atomic mass is 10.0. The van der Waals surface area contributed by atoms with Crippen LogP contribution in [0.4, 0.5) is 10.1 Å². The molecule has 2 aromatic rings. The molecule has 4 nitrogen and oxygen atoms in total. The van der Waals surface area contributed by atoms with Gasteiger partial charge in [-0.05, 0) is 49.1 Å². The van der Waals surface area contributed by atoms with Crippen molar-refractivity contribution in [1.29, 1.82) is 0 Å². The van der Waals surface area contributed by atoms with Crippen molar-refractivity contribution in [2.75, 3.05) is 5.32 Å². The number of amides is 2. The lowest BCUT2D eigenvalue weighted by Crippen LogP contribution is -2.35. The largest absolute Gasteiger partial charge is 0.336 e. The molecule has 2 fully saturated rings. The number of hydrogen-bond donors (Lipinski definition) is 2. The SMILES string of the molecule is C#CC1(NC(=O)c2cc(NC(=O)C3C(c4ccc(C(C)F)cc4)C3(Cl)Cl)ccc2Cl)CC1. The Labute approximate surface area is 200 Å². The van der Waals surface area contributed by atoms with E-state index in [1.165, 1.54) is 19.1 Å². The number of hydrogen-bond acceptors (Lipinski definition) is 2. The summed E-state index contributed by atoms with van der Waals surface area (Å²) < 4.78 is 12.2. The van der Waals surface area contributed by atoms with Crippen LogP contribution in [0.3, 0.4) is 0 Å². The van der Waals surface area contributed by atoms with E-state index in [-0.39, 0.29) is 16.5 Å². The Bertz CT molecular complexity index is 1120. The maximum Gasteiger partial charge on any atom is 0.254 e. The van der Waals surface area contributed by atoms with Crippen LogP contribution < -0.4 is 10.6 Å². The van der Waals surface area contributed by atoms with Gasteiger partial charge in [0.15, 0.2) is 0 Å².